The van der Waals surface area contributed by atoms with Gasteiger partial charge in [-0.05, 0) is 31.9 Å². The average molecular weight is 337 g/mol. The van der Waals surface area contributed by atoms with Gasteiger partial charge in [-0.2, -0.15) is 5.26 Å². The highest BCUT2D eigenvalue weighted by Gasteiger charge is 2.27. The molecule has 3 rings (SSSR count). The van der Waals surface area contributed by atoms with Crippen LogP contribution in [-0.2, 0) is 0 Å². The fourth-order valence-electron chi connectivity index (χ4n) is 3.41. The highest BCUT2D eigenvalue weighted by atomic mass is 16.2. The predicted octanol–water partition coefficient (Wildman–Crippen LogP) is 3.06. The molecule has 1 aliphatic rings. The monoisotopic (exact) mass is 337 g/mol. The normalized spacial score (nSPS) is 17.6. The molecule has 1 fully saturated rings. The lowest BCUT2D eigenvalue weighted by atomic mass is 10.0. The summed E-state index contributed by atoms with van der Waals surface area (Å²) in [6.45, 7) is 7.42. The van der Waals surface area contributed by atoms with Crippen LogP contribution in [0.4, 0.5) is 0 Å². The van der Waals surface area contributed by atoms with Crippen LogP contribution in [0.3, 0.4) is 0 Å². The van der Waals surface area contributed by atoms with E-state index in [2.05, 4.69) is 34.5 Å². The van der Waals surface area contributed by atoms with Gasteiger partial charge in [0.05, 0.1) is 17.3 Å². The van der Waals surface area contributed by atoms with Crippen LogP contribution < -0.4 is 0 Å². The number of pyridine rings is 1. The zero-order valence-corrected chi connectivity index (χ0v) is 14.9. The fraction of sp³-hybridized carbons (Fsp3) is 0.474. The molecule has 0 aromatic carbocycles. The van der Waals surface area contributed by atoms with Crippen molar-refractivity contribution in [2.45, 2.75) is 45.6 Å². The van der Waals surface area contributed by atoms with Gasteiger partial charge in [0.25, 0.3) is 5.91 Å². The van der Waals surface area contributed by atoms with Gasteiger partial charge in [-0.25, -0.2) is 9.97 Å². The van der Waals surface area contributed by atoms with E-state index in [4.69, 9.17) is 5.26 Å². The lowest BCUT2D eigenvalue weighted by molar-refractivity contribution is 0.0671. The topological polar surface area (TPSA) is 74.8 Å². The second-order valence-electron chi connectivity index (χ2n) is 6.84. The minimum Gasteiger partial charge on any atom is -0.335 e. The molecule has 1 amide bonds. The van der Waals surface area contributed by atoms with Gasteiger partial charge in [0.15, 0.2) is 0 Å². The summed E-state index contributed by atoms with van der Waals surface area (Å²) in [6, 6.07) is 5.65. The van der Waals surface area contributed by atoms with E-state index in [0.717, 1.165) is 25.2 Å². The Morgan fingerprint density at radius 3 is 2.88 bits per heavy atom. The van der Waals surface area contributed by atoms with Crippen molar-refractivity contribution in [3.05, 3.63) is 47.3 Å². The molecule has 3 heterocycles. The van der Waals surface area contributed by atoms with Gasteiger partial charge in [0, 0.05) is 31.4 Å². The largest absolute Gasteiger partial charge is 0.335 e. The van der Waals surface area contributed by atoms with E-state index in [1.165, 1.54) is 0 Å². The third kappa shape index (κ3) is 3.41. The first-order valence-corrected chi connectivity index (χ1v) is 8.71. The highest BCUT2D eigenvalue weighted by Crippen LogP contribution is 2.26. The summed E-state index contributed by atoms with van der Waals surface area (Å²) in [5.74, 6) is 1.35. The predicted molar refractivity (Wildman–Crippen MR) is 94.2 cm³/mol. The number of aryl methyl sites for hydroxylation is 1. The van der Waals surface area contributed by atoms with E-state index in [9.17, 15) is 4.79 Å². The molecule has 130 valence electrons. The van der Waals surface area contributed by atoms with Gasteiger partial charge in [-0.1, -0.05) is 13.8 Å². The first-order valence-electron chi connectivity index (χ1n) is 8.71. The van der Waals surface area contributed by atoms with Gasteiger partial charge in [0.2, 0.25) is 0 Å². The number of nitrogens with zero attached hydrogens (tertiary/aromatic N) is 5. The van der Waals surface area contributed by atoms with Crippen molar-refractivity contribution < 1.29 is 4.79 Å². The molecule has 6 heteroatoms. The molecule has 2 aromatic rings. The second-order valence-corrected chi connectivity index (χ2v) is 6.84. The number of hydrogen-bond acceptors (Lipinski definition) is 4. The quantitative estimate of drug-likeness (QED) is 0.862. The van der Waals surface area contributed by atoms with Crippen molar-refractivity contribution in [2.75, 3.05) is 13.1 Å². The summed E-state index contributed by atoms with van der Waals surface area (Å²) in [5.41, 5.74) is 1.51. The Kier molecular flexibility index (Phi) is 4.84. The van der Waals surface area contributed by atoms with Crippen LogP contribution in [0, 0.1) is 18.3 Å². The zero-order chi connectivity index (χ0) is 18.0. The average Bonchev–Trinajstić information content (AvgIpc) is 3.11. The van der Waals surface area contributed by atoms with E-state index in [-0.39, 0.29) is 11.9 Å². The molecule has 0 aliphatic carbocycles. The smallest absolute Gasteiger partial charge is 0.272 e. The van der Waals surface area contributed by atoms with Crippen LogP contribution in [0.5, 0.6) is 0 Å². The van der Waals surface area contributed by atoms with E-state index in [1.807, 2.05) is 17.3 Å². The van der Waals surface area contributed by atoms with Crippen molar-refractivity contribution in [3.63, 3.8) is 0 Å². The Balaban J connectivity index is 1.79. The van der Waals surface area contributed by atoms with Gasteiger partial charge in [-0.3, -0.25) is 4.79 Å². The second kappa shape index (κ2) is 7.06. The molecule has 0 N–H and O–H groups in total. The first-order chi connectivity index (χ1) is 12.0. The maximum absolute atomic E-state index is 12.8. The Morgan fingerprint density at radius 2 is 2.20 bits per heavy atom. The van der Waals surface area contributed by atoms with Gasteiger partial charge in [-0.15, -0.1) is 0 Å². The summed E-state index contributed by atoms with van der Waals surface area (Å²) in [7, 11) is 0. The van der Waals surface area contributed by atoms with Crippen LogP contribution in [-0.4, -0.2) is 38.4 Å². The van der Waals surface area contributed by atoms with Crippen molar-refractivity contribution in [1.29, 1.82) is 5.26 Å². The Bertz CT molecular complexity index is 817. The van der Waals surface area contributed by atoms with Gasteiger partial charge in [0.1, 0.15) is 17.6 Å². The molecule has 0 spiro atoms. The van der Waals surface area contributed by atoms with Gasteiger partial charge < -0.3 is 9.47 Å². The third-order valence-electron chi connectivity index (χ3n) is 4.72. The molecule has 2 aromatic heterocycles. The molecular weight excluding hydrogens is 314 g/mol. The van der Waals surface area contributed by atoms with Crippen molar-refractivity contribution in [2.24, 2.45) is 0 Å². The molecule has 0 radical (unpaired) electrons. The number of likely N-dealkylation sites (tertiary alicyclic amines) is 1. The lowest BCUT2D eigenvalue weighted by Gasteiger charge is -2.34. The summed E-state index contributed by atoms with van der Waals surface area (Å²) in [4.78, 5) is 23.5. The number of aromatic nitrogens is 3. The molecule has 0 saturated carbocycles. The number of hydrogen-bond donors (Lipinski definition) is 0. The SMILES string of the molecule is Cc1nc(C(=O)N2CCC[C@@H](n3ccnc3C(C)C)C2)ccc1C#N. The molecule has 6 nitrogen and oxygen atoms in total. The Hall–Kier alpha value is -2.68. The number of amides is 1. The van der Waals surface area contributed by atoms with Crippen LogP contribution in [0.15, 0.2) is 24.5 Å². The van der Waals surface area contributed by atoms with Crippen LogP contribution in [0.25, 0.3) is 0 Å². The fourth-order valence-corrected chi connectivity index (χ4v) is 3.41. The molecule has 1 aliphatic heterocycles. The molecule has 25 heavy (non-hydrogen) atoms. The van der Waals surface area contributed by atoms with E-state index in [0.29, 0.717) is 29.4 Å². The minimum absolute atomic E-state index is 0.0662. The lowest BCUT2D eigenvalue weighted by Crippen LogP contribution is -2.41. The van der Waals surface area contributed by atoms with Crippen molar-refractivity contribution in [1.82, 2.24) is 19.4 Å². The Morgan fingerprint density at radius 1 is 1.40 bits per heavy atom. The number of carbonyl (C=O) groups excluding carboxylic acids is 1. The van der Waals surface area contributed by atoms with Crippen molar-refractivity contribution >= 4 is 5.91 Å². The number of carbonyl (C=O) groups is 1. The summed E-state index contributed by atoms with van der Waals surface area (Å²) >= 11 is 0. The number of nitriles is 1. The zero-order valence-electron chi connectivity index (χ0n) is 14.9. The first kappa shape index (κ1) is 17.2. The third-order valence-corrected chi connectivity index (χ3v) is 4.72. The van der Waals surface area contributed by atoms with Gasteiger partial charge >= 0.3 is 0 Å². The number of rotatable bonds is 3. The van der Waals surface area contributed by atoms with E-state index >= 15 is 0 Å². The molecule has 0 unspecified atom stereocenters. The molecule has 0 bridgehead atoms. The number of piperidine rings is 1. The van der Waals surface area contributed by atoms with Crippen LogP contribution >= 0.6 is 0 Å². The summed E-state index contributed by atoms with van der Waals surface area (Å²) in [6.07, 6.45) is 5.85. The van der Waals surface area contributed by atoms with E-state index < -0.39 is 0 Å². The Labute approximate surface area is 148 Å². The molecular formula is C19H23N5O. The minimum atomic E-state index is -0.0662. The molecule has 1 atom stereocenters. The summed E-state index contributed by atoms with van der Waals surface area (Å²) in [5, 5.41) is 9.01. The van der Waals surface area contributed by atoms with Crippen molar-refractivity contribution in [3.8, 4) is 6.07 Å². The maximum Gasteiger partial charge on any atom is 0.272 e. The highest BCUT2D eigenvalue weighted by molar-refractivity contribution is 5.92. The van der Waals surface area contributed by atoms with Crippen LogP contribution in [0.2, 0.25) is 0 Å². The maximum atomic E-state index is 12.8. The summed E-state index contributed by atoms with van der Waals surface area (Å²) < 4.78 is 2.21. The van der Waals surface area contributed by atoms with E-state index in [1.54, 1.807) is 19.1 Å². The van der Waals surface area contributed by atoms with Crippen LogP contribution in [0.1, 0.15) is 66.2 Å². The molecule has 1 saturated heterocycles. The number of imidazole rings is 1. The standard InChI is InChI=1S/C19H23N5O/c1-13(2)18-21-8-10-24(18)16-5-4-9-23(12-16)19(25)17-7-6-15(11-20)14(3)22-17/h6-8,10,13,16H,4-5,9,12H2,1-3H3/t16-/m1/s1.